The predicted octanol–water partition coefficient (Wildman–Crippen LogP) is 4.37. The van der Waals surface area contributed by atoms with E-state index in [4.69, 9.17) is 4.98 Å². The van der Waals surface area contributed by atoms with Gasteiger partial charge in [-0.2, -0.15) is 0 Å². The van der Waals surface area contributed by atoms with Crippen molar-refractivity contribution in [2.75, 3.05) is 44.7 Å². The highest BCUT2D eigenvalue weighted by Gasteiger charge is 2.28. The van der Waals surface area contributed by atoms with Crippen LogP contribution in [0.1, 0.15) is 40.9 Å². The molecule has 2 fully saturated rings. The lowest BCUT2D eigenvalue weighted by Crippen LogP contribution is -2.44. The van der Waals surface area contributed by atoms with Crippen LogP contribution >= 0.6 is 0 Å². The fourth-order valence-electron chi connectivity index (χ4n) is 5.69. The molecule has 4 heterocycles. The van der Waals surface area contributed by atoms with Crippen molar-refractivity contribution in [3.05, 3.63) is 58.4 Å². The third-order valence-electron chi connectivity index (χ3n) is 8.20. The molecule has 6 rings (SSSR count). The highest BCUT2D eigenvalue weighted by molar-refractivity contribution is 5.94. The van der Waals surface area contributed by atoms with Crippen LogP contribution < -0.4 is 4.90 Å². The average Bonchev–Trinajstić information content (AvgIpc) is 3.63. The summed E-state index contributed by atoms with van der Waals surface area (Å²) in [5.74, 6) is 2.06. The van der Waals surface area contributed by atoms with Crippen LogP contribution in [0.5, 0.6) is 0 Å². The molecule has 0 amide bonds. The van der Waals surface area contributed by atoms with Gasteiger partial charge in [-0.05, 0) is 68.8 Å². The Hall–Kier alpha value is -2.37. The Morgan fingerprint density at radius 2 is 1.73 bits per heavy atom. The molecule has 174 valence electrons. The lowest BCUT2D eigenvalue weighted by Gasteiger charge is -2.33. The summed E-state index contributed by atoms with van der Waals surface area (Å²) in [6, 6.07) is 11.4. The van der Waals surface area contributed by atoms with E-state index >= 15 is 0 Å². The number of likely N-dealkylation sites (N-methyl/N-ethyl adjacent to an activating group) is 1. The van der Waals surface area contributed by atoms with Crippen molar-refractivity contribution in [3.8, 4) is 0 Å². The van der Waals surface area contributed by atoms with Crippen molar-refractivity contribution < 1.29 is 0 Å². The molecule has 5 heteroatoms. The van der Waals surface area contributed by atoms with Gasteiger partial charge in [0, 0.05) is 63.4 Å². The first-order valence-electron chi connectivity index (χ1n) is 12.8. The first-order chi connectivity index (χ1) is 16.1. The average molecular weight is 444 g/mol. The zero-order chi connectivity index (χ0) is 22.5. The first kappa shape index (κ1) is 21.2. The molecule has 1 saturated carbocycles. The lowest BCUT2D eigenvalue weighted by molar-refractivity contribution is 0.147. The van der Waals surface area contributed by atoms with Crippen LogP contribution in [0.3, 0.4) is 0 Å². The molecular formula is C28H37N5. The Balaban J connectivity index is 1.43. The van der Waals surface area contributed by atoms with Crippen molar-refractivity contribution >= 4 is 16.7 Å². The Kier molecular flexibility index (Phi) is 5.42. The zero-order valence-corrected chi connectivity index (χ0v) is 20.5. The quantitative estimate of drug-likeness (QED) is 0.585. The van der Waals surface area contributed by atoms with Gasteiger partial charge in [-0.15, -0.1) is 0 Å². The van der Waals surface area contributed by atoms with Gasteiger partial charge >= 0.3 is 0 Å². The van der Waals surface area contributed by atoms with E-state index in [1.807, 2.05) is 0 Å². The van der Waals surface area contributed by atoms with E-state index in [2.05, 4.69) is 70.5 Å². The third-order valence-corrected chi connectivity index (χ3v) is 8.20. The molecule has 0 radical (unpaired) electrons. The maximum Gasteiger partial charge on any atom is 0.153 e. The summed E-state index contributed by atoms with van der Waals surface area (Å²) < 4.78 is 2.60. The molecule has 1 aliphatic carbocycles. The summed E-state index contributed by atoms with van der Waals surface area (Å²) in [7, 11) is 2.22. The Morgan fingerprint density at radius 1 is 0.970 bits per heavy atom. The molecule has 0 atom stereocenters. The minimum atomic E-state index is 0.846. The van der Waals surface area contributed by atoms with E-state index in [0.717, 1.165) is 64.7 Å². The molecule has 0 N–H and O–H groups in total. The molecule has 3 aromatic rings. The number of nitrogens with zero attached hydrogens (tertiary/aromatic N) is 5. The van der Waals surface area contributed by atoms with Crippen LogP contribution in [0.15, 0.2) is 30.3 Å². The number of benzene rings is 1. The highest BCUT2D eigenvalue weighted by atomic mass is 15.3. The van der Waals surface area contributed by atoms with E-state index in [1.165, 1.54) is 57.6 Å². The molecule has 33 heavy (non-hydrogen) atoms. The van der Waals surface area contributed by atoms with E-state index in [-0.39, 0.29) is 0 Å². The number of hydrogen-bond acceptors (Lipinski definition) is 4. The number of pyridine rings is 1. The Bertz CT molecular complexity index is 1170. The van der Waals surface area contributed by atoms with Gasteiger partial charge in [0.2, 0.25) is 0 Å². The summed E-state index contributed by atoms with van der Waals surface area (Å²) in [5.41, 5.74) is 8.42. The molecule has 2 aromatic heterocycles. The van der Waals surface area contributed by atoms with Gasteiger partial charge in [-0.3, -0.25) is 4.90 Å². The number of rotatable bonds is 5. The SMILES string of the molecule is Cc1c(C)n(CC2CC2)c2c(N3CCc4ccccc4C3)nc(CN3CCN(C)CC3)cc12. The van der Waals surface area contributed by atoms with E-state index in [0.29, 0.717) is 0 Å². The van der Waals surface area contributed by atoms with Crippen LogP contribution in [-0.4, -0.2) is 59.1 Å². The van der Waals surface area contributed by atoms with E-state index in [9.17, 15) is 0 Å². The van der Waals surface area contributed by atoms with Crippen LogP contribution in [0.25, 0.3) is 10.9 Å². The molecule has 3 aliphatic rings. The topological polar surface area (TPSA) is 27.5 Å². The number of anilines is 1. The second kappa shape index (κ2) is 8.44. The summed E-state index contributed by atoms with van der Waals surface area (Å²) in [6.45, 7) is 13.3. The maximum atomic E-state index is 5.40. The van der Waals surface area contributed by atoms with Crippen LogP contribution in [0, 0.1) is 19.8 Å². The predicted molar refractivity (Wildman–Crippen MR) is 136 cm³/mol. The summed E-state index contributed by atoms with van der Waals surface area (Å²) in [4.78, 5) is 13.0. The van der Waals surface area contributed by atoms with Crippen LogP contribution in [0.4, 0.5) is 5.82 Å². The summed E-state index contributed by atoms with van der Waals surface area (Å²) >= 11 is 0. The van der Waals surface area contributed by atoms with Crippen LogP contribution in [0.2, 0.25) is 0 Å². The van der Waals surface area contributed by atoms with Crippen molar-refractivity contribution in [2.45, 2.75) is 52.7 Å². The normalized spacial score (nSPS) is 19.9. The standard InChI is InChI=1S/C28H37N5/c1-20-21(2)33(17-22-8-9-22)27-26(20)16-25(19-31-14-12-30(3)13-15-31)29-28(27)32-11-10-23-6-4-5-7-24(23)18-32/h4-7,16,22H,8-15,17-19H2,1-3H3. The third kappa shape index (κ3) is 4.06. The second-order valence-electron chi connectivity index (χ2n) is 10.6. The zero-order valence-electron chi connectivity index (χ0n) is 20.5. The van der Waals surface area contributed by atoms with Gasteiger partial charge < -0.3 is 14.4 Å². The van der Waals surface area contributed by atoms with Crippen molar-refractivity contribution in [3.63, 3.8) is 0 Å². The monoisotopic (exact) mass is 443 g/mol. The second-order valence-corrected chi connectivity index (χ2v) is 10.6. The van der Waals surface area contributed by atoms with Gasteiger partial charge in [0.05, 0.1) is 11.2 Å². The van der Waals surface area contributed by atoms with Gasteiger partial charge in [-0.25, -0.2) is 4.98 Å². The van der Waals surface area contributed by atoms with Crippen molar-refractivity contribution in [1.29, 1.82) is 0 Å². The molecule has 0 spiro atoms. The number of aromatic nitrogens is 2. The number of hydrogen-bond donors (Lipinski definition) is 0. The minimum Gasteiger partial charge on any atom is -0.350 e. The van der Waals surface area contributed by atoms with Crippen molar-refractivity contribution in [1.82, 2.24) is 19.4 Å². The highest BCUT2D eigenvalue weighted by Crippen LogP contribution is 2.38. The molecular weight excluding hydrogens is 406 g/mol. The molecule has 0 unspecified atom stereocenters. The first-order valence-corrected chi connectivity index (χ1v) is 12.8. The van der Waals surface area contributed by atoms with Crippen LogP contribution in [-0.2, 0) is 26.1 Å². The minimum absolute atomic E-state index is 0.846. The largest absolute Gasteiger partial charge is 0.350 e. The fraction of sp³-hybridized carbons (Fsp3) is 0.536. The van der Waals surface area contributed by atoms with Gasteiger partial charge in [0.1, 0.15) is 0 Å². The van der Waals surface area contributed by atoms with Gasteiger partial charge in [-0.1, -0.05) is 24.3 Å². The molecule has 5 nitrogen and oxygen atoms in total. The molecule has 1 aromatic carbocycles. The number of piperazine rings is 1. The van der Waals surface area contributed by atoms with E-state index < -0.39 is 0 Å². The lowest BCUT2D eigenvalue weighted by atomic mass is 10.00. The Labute approximate surface area is 198 Å². The number of fused-ring (bicyclic) bond motifs is 2. The summed E-state index contributed by atoms with van der Waals surface area (Å²) in [5, 5.41) is 1.42. The van der Waals surface area contributed by atoms with Gasteiger partial charge in [0.25, 0.3) is 0 Å². The molecule has 2 aliphatic heterocycles. The molecule has 1 saturated heterocycles. The van der Waals surface area contributed by atoms with Gasteiger partial charge in [0.15, 0.2) is 5.82 Å². The van der Waals surface area contributed by atoms with Crippen molar-refractivity contribution in [2.24, 2.45) is 5.92 Å². The van der Waals surface area contributed by atoms with E-state index in [1.54, 1.807) is 0 Å². The maximum absolute atomic E-state index is 5.40. The molecule has 0 bridgehead atoms. The number of aryl methyl sites for hydroxylation is 1. The smallest absolute Gasteiger partial charge is 0.153 e. The fourth-order valence-corrected chi connectivity index (χ4v) is 5.69. The summed E-state index contributed by atoms with van der Waals surface area (Å²) in [6.07, 6.45) is 3.85. The Morgan fingerprint density at radius 3 is 2.48 bits per heavy atom.